The van der Waals surface area contributed by atoms with Crippen molar-refractivity contribution in [2.75, 3.05) is 26.4 Å². The average molecular weight is 625 g/mol. The first-order valence-corrected chi connectivity index (χ1v) is 14.1. The molecule has 1 aliphatic rings. The predicted molar refractivity (Wildman–Crippen MR) is 160 cm³/mol. The van der Waals surface area contributed by atoms with Crippen LogP contribution in [0.2, 0.25) is 0 Å². The van der Waals surface area contributed by atoms with Gasteiger partial charge < -0.3 is 24.8 Å². The molecule has 0 aliphatic carbocycles. The largest absolute Gasteiger partial charge is 0.494 e. The number of aliphatic imine (C=N–C) groups is 1. The van der Waals surface area contributed by atoms with Crippen LogP contribution < -0.4 is 15.6 Å². The first kappa shape index (κ1) is 30.4. The summed E-state index contributed by atoms with van der Waals surface area (Å²) >= 11 is 3.47. The van der Waals surface area contributed by atoms with Gasteiger partial charge in [-0.15, -0.1) is 0 Å². The van der Waals surface area contributed by atoms with E-state index in [4.69, 9.17) is 19.6 Å². The normalized spacial score (nSPS) is 18.4. The molecule has 0 radical (unpaired) electrons. The zero-order chi connectivity index (χ0) is 29.1. The van der Waals surface area contributed by atoms with Gasteiger partial charge in [-0.05, 0) is 47.5 Å². The van der Waals surface area contributed by atoms with Crippen LogP contribution in [0.5, 0.6) is 5.75 Å². The average Bonchev–Trinajstić information content (AvgIpc) is 3.39. The second kappa shape index (κ2) is 14.9. The fraction of sp³-hybridized carbons (Fsp3) is 0.290. The lowest BCUT2D eigenvalue weighted by Gasteiger charge is -2.30. The van der Waals surface area contributed by atoms with E-state index in [-0.39, 0.29) is 26.2 Å². The molecule has 2 atom stereocenters. The number of aliphatic hydroxyl groups excluding tert-OH is 3. The molecule has 1 aliphatic heterocycles. The first-order valence-electron chi connectivity index (χ1n) is 13.3. The quantitative estimate of drug-likeness (QED) is 0.137. The minimum absolute atomic E-state index is 0.0508. The van der Waals surface area contributed by atoms with Crippen LogP contribution in [0.4, 0.5) is 0 Å². The van der Waals surface area contributed by atoms with Crippen LogP contribution >= 0.6 is 15.9 Å². The number of hydrogen-bond donors (Lipinski definition) is 5. The molecule has 0 aromatic heterocycles. The van der Waals surface area contributed by atoms with E-state index in [1.54, 1.807) is 12.1 Å². The highest BCUT2D eigenvalue weighted by Gasteiger charge is 2.52. The number of benzene rings is 3. The number of carbonyl (C=O) groups excluding carboxylic acids is 1. The zero-order valence-electron chi connectivity index (χ0n) is 22.4. The minimum atomic E-state index is -1.42. The number of amides is 1. The zero-order valence-corrected chi connectivity index (χ0v) is 24.0. The summed E-state index contributed by atoms with van der Waals surface area (Å²) < 4.78 is 13.0. The van der Waals surface area contributed by atoms with Crippen LogP contribution in [0.15, 0.2) is 94.4 Å². The van der Waals surface area contributed by atoms with Gasteiger partial charge in [0.2, 0.25) is 5.90 Å². The molecular weight excluding hydrogens is 590 g/mol. The number of nitrogens with one attached hydrogen (secondary N) is 2. The maximum absolute atomic E-state index is 14.0. The second-order valence-electron chi connectivity index (χ2n) is 9.52. The van der Waals surface area contributed by atoms with Crippen molar-refractivity contribution in [2.24, 2.45) is 4.99 Å². The summed E-state index contributed by atoms with van der Waals surface area (Å²) in [5, 5.41) is 28.0. The summed E-state index contributed by atoms with van der Waals surface area (Å²) in [7, 11) is 0. The lowest BCUT2D eigenvalue weighted by atomic mass is 9.84. The Morgan fingerprint density at radius 3 is 2.39 bits per heavy atom. The maximum atomic E-state index is 14.0. The molecule has 1 heterocycles. The van der Waals surface area contributed by atoms with Crippen LogP contribution in [0.25, 0.3) is 6.08 Å². The van der Waals surface area contributed by atoms with Gasteiger partial charge in [-0.2, -0.15) is 0 Å². The summed E-state index contributed by atoms with van der Waals surface area (Å²) in [5.41, 5.74) is 6.33. The molecule has 0 saturated heterocycles. The number of hydrazine groups is 1. The Balaban J connectivity index is 1.72. The third-order valence-corrected chi connectivity index (χ3v) is 7.10. The molecular formula is C31H34BrN3O6. The van der Waals surface area contributed by atoms with Crippen LogP contribution in [0, 0.1) is 0 Å². The van der Waals surface area contributed by atoms with E-state index in [0.717, 1.165) is 15.6 Å². The molecule has 9 nitrogen and oxygen atoms in total. The number of hydrogen-bond acceptors (Lipinski definition) is 8. The van der Waals surface area contributed by atoms with Crippen molar-refractivity contribution in [1.29, 1.82) is 0 Å². The molecule has 3 aromatic carbocycles. The van der Waals surface area contributed by atoms with Crippen molar-refractivity contribution in [1.82, 2.24) is 10.9 Å². The number of ether oxygens (including phenoxy) is 2. The van der Waals surface area contributed by atoms with E-state index >= 15 is 0 Å². The van der Waals surface area contributed by atoms with Gasteiger partial charge >= 0.3 is 0 Å². The molecule has 10 heteroatoms. The molecule has 216 valence electrons. The van der Waals surface area contributed by atoms with Gasteiger partial charge in [0.25, 0.3) is 5.91 Å². The van der Waals surface area contributed by atoms with E-state index in [9.17, 15) is 15.0 Å². The van der Waals surface area contributed by atoms with E-state index in [1.807, 2.05) is 78.9 Å². The van der Waals surface area contributed by atoms with Gasteiger partial charge in [-0.3, -0.25) is 10.2 Å². The molecule has 1 amide bonds. The number of nitrogens with zero attached hydrogens (tertiary/aromatic N) is 1. The predicted octanol–water partition coefficient (Wildman–Crippen LogP) is 3.54. The highest BCUT2D eigenvalue weighted by molar-refractivity contribution is 9.10. The monoisotopic (exact) mass is 623 g/mol. The molecule has 0 unspecified atom stereocenters. The Kier molecular flexibility index (Phi) is 11.1. The summed E-state index contributed by atoms with van der Waals surface area (Å²) in [5.74, 6) is 0.459. The van der Waals surface area contributed by atoms with Gasteiger partial charge in [0.15, 0.2) is 11.6 Å². The highest BCUT2D eigenvalue weighted by Crippen LogP contribution is 2.43. The van der Waals surface area contributed by atoms with Crippen LogP contribution in [-0.4, -0.2) is 65.1 Å². The lowest BCUT2D eigenvalue weighted by Crippen LogP contribution is -2.56. The Morgan fingerprint density at radius 2 is 1.73 bits per heavy atom. The van der Waals surface area contributed by atoms with Gasteiger partial charge in [-0.25, -0.2) is 10.4 Å². The van der Waals surface area contributed by atoms with Gasteiger partial charge in [-0.1, -0.05) is 70.5 Å². The van der Waals surface area contributed by atoms with E-state index in [2.05, 4.69) is 26.8 Å². The Morgan fingerprint density at radius 1 is 1.02 bits per heavy atom. The Hall–Kier alpha value is -3.54. The fourth-order valence-electron chi connectivity index (χ4n) is 4.32. The van der Waals surface area contributed by atoms with E-state index in [0.29, 0.717) is 30.2 Å². The topological polar surface area (TPSA) is 133 Å². The van der Waals surface area contributed by atoms with Crippen LogP contribution in [0.1, 0.15) is 35.6 Å². The third kappa shape index (κ3) is 7.81. The van der Waals surface area contributed by atoms with Crippen molar-refractivity contribution in [3.05, 3.63) is 106 Å². The summed E-state index contributed by atoms with van der Waals surface area (Å²) in [6, 6.07) is 23.7. The van der Waals surface area contributed by atoms with Crippen molar-refractivity contribution in [3.8, 4) is 5.75 Å². The molecule has 3 aromatic rings. The molecule has 5 N–H and O–H groups in total. The molecule has 0 bridgehead atoms. The second-order valence-corrected chi connectivity index (χ2v) is 10.4. The van der Waals surface area contributed by atoms with E-state index in [1.165, 1.54) is 0 Å². The Labute approximate surface area is 247 Å². The summed E-state index contributed by atoms with van der Waals surface area (Å²) in [6.07, 6.45) is 3.77. The number of carbonyl (C=O) groups is 1. The SMILES string of the molecule is O=C(NNC(CO)CO)[C@@]1(C/C=C/c2ccccc2)N=C(c2ccc(OCCCO)cc2)O[C@H]1c1ccc(Br)cc1. The van der Waals surface area contributed by atoms with Gasteiger partial charge in [0.05, 0.1) is 25.9 Å². The first-order chi connectivity index (χ1) is 20.0. The van der Waals surface area contributed by atoms with Crippen molar-refractivity contribution < 1.29 is 29.6 Å². The molecule has 41 heavy (non-hydrogen) atoms. The van der Waals surface area contributed by atoms with Crippen molar-refractivity contribution in [3.63, 3.8) is 0 Å². The molecule has 0 saturated carbocycles. The van der Waals surface area contributed by atoms with Crippen LogP contribution in [-0.2, 0) is 9.53 Å². The Bertz CT molecular complexity index is 1310. The minimum Gasteiger partial charge on any atom is -0.494 e. The molecule has 0 spiro atoms. The third-order valence-electron chi connectivity index (χ3n) is 6.57. The molecule has 0 fully saturated rings. The number of aliphatic hydroxyl groups is 3. The maximum Gasteiger partial charge on any atom is 0.266 e. The fourth-order valence-corrected chi connectivity index (χ4v) is 4.58. The number of rotatable bonds is 14. The van der Waals surface area contributed by atoms with Gasteiger partial charge in [0.1, 0.15) is 5.75 Å². The smallest absolute Gasteiger partial charge is 0.266 e. The van der Waals surface area contributed by atoms with Crippen molar-refractivity contribution in [2.45, 2.75) is 30.5 Å². The summed E-state index contributed by atoms with van der Waals surface area (Å²) in [4.78, 5) is 18.9. The number of halogens is 1. The van der Waals surface area contributed by atoms with Crippen LogP contribution in [0.3, 0.4) is 0 Å². The highest BCUT2D eigenvalue weighted by atomic mass is 79.9. The van der Waals surface area contributed by atoms with Gasteiger partial charge in [0, 0.05) is 29.5 Å². The van der Waals surface area contributed by atoms with E-state index < -0.39 is 23.6 Å². The molecule has 4 rings (SSSR count). The standard InChI is InChI=1S/C31H34BrN3O6/c32-25-13-9-23(10-14-25)28-31(30(39)35-34-26(20-37)21-38,17-4-8-22-6-2-1-3-7-22)33-29(41-28)24-11-15-27(16-12-24)40-19-5-18-36/h1-4,6-16,26,28,34,36-38H,5,17-21H2,(H,35,39)/b8-4+/t28-,31-/m0/s1. The summed E-state index contributed by atoms with van der Waals surface area (Å²) in [6.45, 7) is -0.294. The van der Waals surface area contributed by atoms with Crippen molar-refractivity contribution >= 4 is 33.8 Å². The lowest BCUT2D eigenvalue weighted by molar-refractivity contribution is -0.130.